The molecule has 0 bridgehead atoms. The SMILES string of the molecule is CCOC(=O)[C@H](CN)NCC(=O)OCc1ccccc1. The van der Waals surface area contributed by atoms with Crippen molar-refractivity contribution in [3.05, 3.63) is 35.9 Å². The Balaban J connectivity index is 2.29. The predicted octanol–water partition coefficient (Wildman–Crippen LogP) is 0.210. The number of carbonyl (C=O) groups is 2. The third-order valence-corrected chi connectivity index (χ3v) is 2.54. The van der Waals surface area contributed by atoms with Crippen LogP contribution in [0.25, 0.3) is 0 Å². The molecule has 20 heavy (non-hydrogen) atoms. The first-order valence-corrected chi connectivity index (χ1v) is 6.47. The maximum atomic E-state index is 11.5. The molecule has 3 N–H and O–H groups in total. The van der Waals surface area contributed by atoms with Crippen LogP contribution in [0.4, 0.5) is 0 Å². The summed E-state index contributed by atoms with van der Waals surface area (Å²) in [6.07, 6.45) is 0. The number of ether oxygens (including phenoxy) is 2. The van der Waals surface area contributed by atoms with Gasteiger partial charge in [0.05, 0.1) is 13.2 Å². The summed E-state index contributed by atoms with van der Waals surface area (Å²) in [5.74, 6) is -0.914. The van der Waals surface area contributed by atoms with Crippen molar-refractivity contribution in [3.8, 4) is 0 Å². The van der Waals surface area contributed by atoms with Gasteiger partial charge in [0.2, 0.25) is 0 Å². The van der Waals surface area contributed by atoms with Crippen molar-refractivity contribution in [1.82, 2.24) is 5.32 Å². The molecule has 1 rings (SSSR count). The normalized spacial score (nSPS) is 11.7. The van der Waals surface area contributed by atoms with E-state index in [9.17, 15) is 9.59 Å². The van der Waals surface area contributed by atoms with Crippen molar-refractivity contribution in [2.75, 3.05) is 19.7 Å². The molecule has 6 nitrogen and oxygen atoms in total. The molecule has 0 saturated heterocycles. The van der Waals surface area contributed by atoms with E-state index in [1.54, 1.807) is 6.92 Å². The molecule has 0 aromatic heterocycles. The second kappa shape index (κ2) is 9.06. The quantitative estimate of drug-likeness (QED) is 0.662. The Kier molecular flexibility index (Phi) is 7.31. The molecular formula is C14H20N2O4. The third kappa shape index (κ3) is 5.81. The summed E-state index contributed by atoms with van der Waals surface area (Å²) < 4.78 is 9.89. The summed E-state index contributed by atoms with van der Waals surface area (Å²) in [5, 5.41) is 2.72. The van der Waals surface area contributed by atoms with Crippen molar-refractivity contribution in [2.24, 2.45) is 5.73 Å². The van der Waals surface area contributed by atoms with E-state index in [1.165, 1.54) is 0 Å². The Labute approximate surface area is 118 Å². The fraction of sp³-hybridized carbons (Fsp3) is 0.429. The Hall–Kier alpha value is -1.92. The lowest BCUT2D eigenvalue weighted by molar-refractivity contribution is -0.147. The topological polar surface area (TPSA) is 90.6 Å². The fourth-order valence-corrected chi connectivity index (χ4v) is 1.50. The van der Waals surface area contributed by atoms with Gasteiger partial charge >= 0.3 is 11.9 Å². The number of hydrogen-bond donors (Lipinski definition) is 2. The zero-order chi connectivity index (χ0) is 14.8. The highest BCUT2D eigenvalue weighted by Crippen LogP contribution is 2.00. The second-order valence-electron chi connectivity index (χ2n) is 4.07. The van der Waals surface area contributed by atoms with Crippen molar-refractivity contribution in [3.63, 3.8) is 0 Å². The van der Waals surface area contributed by atoms with E-state index in [2.05, 4.69) is 5.32 Å². The van der Waals surface area contributed by atoms with Gasteiger partial charge in [0.25, 0.3) is 0 Å². The van der Waals surface area contributed by atoms with Crippen LogP contribution in [0.5, 0.6) is 0 Å². The summed E-state index contributed by atoms with van der Waals surface area (Å²) in [6.45, 7) is 2.15. The number of hydrogen-bond acceptors (Lipinski definition) is 6. The van der Waals surface area contributed by atoms with Crippen LogP contribution in [0, 0.1) is 0 Å². The van der Waals surface area contributed by atoms with E-state index in [-0.39, 0.29) is 26.3 Å². The minimum Gasteiger partial charge on any atom is -0.465 e. The molecule has 1 aromatic carbocycles. The van der Waals surface area contributed by atoms with Gasteiger partial charge in [0.15, 0.2) is 0 Å². The second-order valence-corrected chi connectivity index (χ2v) is 4.07. The van der Waals surface area contributed by atoms with Gasteiger partial charge in [-0.25, -0.2) is 0 Å². The van der Waals surface area contributed by atoms with Crippen LogP contribution >= 0.6 is 0 Å². The summed E-state index contributed by atoms with van der Waals surface area (Å²) in [4.78, 5) is 23.0. The first kappa shape index (κ1) is 16.1. The molecule has 110 valence electrons. The van der Waals surface area contributed by atoms with Gasteiger partial charge in [0, 0.05) is 6.54 Å². The van der Waals surface area contributed by atoms with Crippen LogP contribution in [0.2, 0.25) is 0 Å². The Morgan fingerprint density at radius 1 is 1.25 bits per heavy atom. The zero-order valence-electron chi connectivity index (χ0n) is 11.5. The lowest BCUT2D eigenvalue weighted by atomic mass is 10.2. The lowest BCUT2D eigenvalue weighted by Crippen LogP contribution is -2.46. The van der Waals surface area contributed by atoms with Crippen molar-refractivity contribution in [2.45, 2.75) is 19.6 Å². The molecular weight excluding hydrogens is 260 g/mol. The predicted molar refractivity (Wildman–Crippen MR) is 73.7 cm³/mol. The summed E-state index contributed by atoms with van der Waals surface area (Å²) >= 11 is 0. The molecule has 0 amide bonds. The van der Waals surface area contributed by atoms with Crippen molar-refractivity contribution in [1.29, 1.82) is 0 Å². The van der Waals surface area contributed by atoms with Gasteiger partial charge in [-0.05, 0) is 12.5 Å². The van der Waals surface area contributed by atoms with Crippen LogP contribution in [-0.2, 0) is 25.7 Å². The van der Waals surface area contributed by atoms with Gasteiger partial charge in [-0.1, -0.05) is 30.3 Å². The highest BCUT2D eigenvalue weighted by molar-refractivity contribution is 5.78. The number of nitrogens with one attached hydrogen (secondary N) is 1. The van der Waals surface area contributed by atoms with E-state index in [1.807, 2.05) is 30.3 Å². The van der Waals surface area contributed by atoms with Gasteiger partial charge in [-0.2, -0.15) is 0 Å². The molecule has 0 aliphatic rings. The van der Waals surface area contributed by atoms with E-state index in [4.69, 9.17) is 15.2 Å². The average Bonchev–Trinajstić information content (AvgIpc) is 2.47. The first-order valence-electron chi connectivity index (χ1n) is 6.47. The number of benzene rings is 1. The molecule has 0 unspecified atom stereocenters. The standard InChI is InChI=1S/C14H20N2O4/c1-2-19-14(18)12(8-15)16-9-13(17)20-10-11-6-4-3-5-7-11/h3-7,12,16H,2,8-10,15H2,1H3/t12-/m0/s1. The van der Waals surface area contributed by atoms with Crippen LogP contribution in [0.1, 0.15) is 12.5 Å². The van der Waals surface area contributed by atoms with Crippen molar-refractivity contribution < 1.29 is 19.1 Å². The molecule has 0 radical (unpaired) electrons. The summed E-state index contributed by atoms with van der Waals surface area (Å²) in [7, 11) is 0. The third-order valence-electron chi connectivity index (χ3n) is 2.54. The van der Waals surface area contributed by atoms with Crippen molar-refractivity contribution >= 4 is 11.9 Å². The molecule has 6 heteroatoms. The Morgan fingerprint density at radius 2 is 1.95 bits per heavy atom. The van der Waals surface area contributed by atoms with E-state index >= 15 is 0 Å². The monoisotopic (exact) mass is 280 g/mol. The largest absolute Gasteiger partial charge is 0.465 e. The summed E-state index contributed by atoms with van der Waals surface area (Å²) in [6, 6.07) is 8.65. The van der Waals surface area contributed by atoms with Crippen LogP contribution < -0.4 is 11.1 Å². The molecule has 0 fully saturated rings. The van der Waals surface area contributed by atoms with Crippen LogP contribution in [-0.4, -0.2) is 37.7 Å². The summed E-state index contributed by atoms with van der Waals surface area (Å²) in [5.41, 5.74) is 6.34. The average molecular weight is 280 g/mol. The molecule has 0 spiro atoms. The van der Waals surface area contributed by atoms with E-state index in [0.29, 0.717) is 0 Å². The lowest BCUT2D eigenvalue weighted by Gasteiger charge is -2.14. The number of carbonyl (C=O) groups excluding carboxylic acids is 2. The molecule has 0 aliphatic carbocycles. The molecule has 1 atom stereocenters. The Bertz CT molecular complexity index is 422. The molecule has 0 saturated carbocycles. The highest BCUT2D eigenvalue weighted by Gasteiger charge is 2.18. The van der Waals surface area contributed by atoms with Crippen LogP contribution in [0.3, 0.4) is 0 Å². The Morgan fingerprint density at radius 3 is 2.55 bits per heavy atom. The minimum atomic E-state index is -0.695. The first-order chi connectivity index (χ1) is 9.67. The zero-order valence-corrected chi connectivity index (χ0v) is 11.5. The highest BCUT2D eigenvalue weighted by atomic mass is 16.5. The van der Waals surface area contributed by atoms with E-state index < -0.39 is 18.0 Å². The van der Waals surface area contributed by atoms with Crippen LogP contribution in [0.15, 0.2) is 30.3 Å². The maximum absolute atomic E-state index is 11.5. The van der Waals surface area contributed by atoms with Gasteiger partial charge in [0.1, 0.15) is 12.6 Å². The minimum absolute atomic E-state index is 0.0603. The number of rotatable bonds is 8. The fourth-order valence-electron chi connectivity index (χ4n) is 1.50. The maximum Gasteiger partial charge on any atom is 0.324 e. The van der Waals surface area contributed by atoms with Gasteiger partial charge in [-0.15, -0.1) is 0 Å². The molecule has 1 aromatic rings. The van der Waals surface area contributed by atoms with Gasteiger partial charge in [-0.3, -0.25) is 14.9 Å². The van der Waals surface area contributed by atoms with Gasteiger partial charge < -0.3 is 15.2 Å². The number of nitrogens with two attached hydrogens (primary N) is 1. The number of esters is 2. The smallest absolute Gasteiger partial charge is 0.324 e. The molecule has 0 heterocycles. The van der Waals surface area contributed by atoms with E-state index in [0.717, 1.165) is 5.56 Å². The molecule has 0 aliphatic heterocycles.